The molecule has 1 aliphatic heterocycles. The molecule has 0 aliphatic carbocycles. The quantitative estimate of drug-likeness (QED) is 0.870. The number of carbonyl (C=O) groups excluding carboxylic acids is 2. The number of rotatable bonds is 3. The zero-order valence-electron chi connectivity index (χ0n) is 13.9. The molecule has 3 amide bonds. The van der Waals surface area contributed by atoms with Gasteiger partial charge in [-0.3, -0.25) is 4.79 Å². The third-order valence-corrected chi connectivity index (χ3v) is 3.94. The molecular formula is C15H24N6O2. The third kappa shape index (κ3) is 4.30. The molecule has 1 aromatic rings. The lowest BCUT2D eigenvalue weighted by Gasteiger charge is -2.35. The molecule has 0 bridgehead atoms. The van der Waals surface area contributed by atoms with Crippen molar-refractivity contribution >= 4 is 17.9 Å². The van der Waals surface area contributed by atoms with Crippen LogP contribution in [0.5, 0.6) is 0 Å². The van der Waals surface area contributed by atoms with E-state index in [-0.39, 0.29) is 23.8 Å². The van der Waals surface area contributed by atoms with E-state index >= 15 is 0 Å². The number of likely N-dealkylation sites (tertiary alicyclic amines) is 1. The largest absolute Gasteiger partial charge is 0.368 e. The zero-order chi connectivity index (χ0) is 17.0. The number of carbonyl (C=O) groups is 2. The van der Waals surface area contributed by atoms with Crippen LogP contribution in [0.4, 0.5) is 10.7 Å². The summed E-state index contributed by atoms with van der Waals surface area (Å²) in [6.07, 6.45) is 4.89. The van der Waals surface area contributed by atoms with E-state index in [2.05, 4.69) is 9.97 Å². The van der Waals surface area contributed by atoms with Gasteiger partial charge in [0, 0.05) is 58.7 Å². The first kappa shape index (κ1) is 17.0. The monoisotopic (exact) mass is 320 g/mol. The Kier molecular flexibility index (Phi) is 5.36. The molecule has 0 aromatic carbocycles. The van der Waals surface area contributed by atoms with Gasteiger partial charge in [0.2, 0.25) is 11.9 Å². The molecule has 8 nitrogen and oxygen atoms in total. The SMILES string of the molecule is CN(C)C(=O)N1CCC[C@H](C(=O)N(C)Cc2cnc(N)nc2)C1. The van der Waals surface area contributed by atoms with Gasteiger partial charge in [0.05, 0.1) is 5.92 Å². The molecule has 0 radical (unpaired) electrons. The zero-order valence-corrected chi connectivity index (χ0v) is 13.9. The fraction of sp³-hybridized carbons (Fsp3) is 0.600. The lowest BCUT2D eigenvalue weighted by atomic mass is 9.96. The molecule has 1 aliphatic rings. The second-order valence-corrected chi connectivity index (χ2v) is 6.11. The summed E-state index contributed by atoms with van der Waals surface area (Å²) in [5.41, 5.74) is 6.28. The molecule has 1 aromatic heterocycles. The smallest absolute Gasteiger partial charge is 0.319 e. The van der Waals surface area contributed by atoms with Gasteiger partial charge in [-0.15, -0.1) is 0 Å². The molecule has 1 atom stereocenters. The van der Waals surface area contributed by atoms with Gasteiger partial charge in [-0.2, -0.15) is 0 Å². The first-order valence-corrected chi connectivity index (χ1v) is 7.66. The van der Waals surface area contributed by atoms with E-state index in [1.807, 2.05) is 0 Å². The molecule has 2 N–H and O–H groups in total. The topological polar surface area (TPSA) is 95.7 Å². The fourth-order valence-corrected chi connectivity index (χ4v) is 2.75. The van der Waals surface area contributed by atoms with Crippen molar-refractivity contribution in [3.8, 4) is 0 Å². The number of anilines is 1. The molecule has 1 fully saturated rings. The normalized spacial score (nSPS) is 17.7. The Hall–Kier alpha value is -2.38. The molecule has 0 spiro atoms. The van der Waals surface area contributed by atoms with Gasteiger partial charge in [0.1, 0.15) is 0 Å². The van der Waals surface area contributed by atoms with Crippen LogP contribution in [-0.4, -0.2) is 70.8 Å². The summed E-state index contributed by atoms with van der Waals surface area (Å²) >= 11 is 0. The first-order chi connectivity index (χ1) is 10.9. The molecule has 8 heteroatoms. The summed E-state index contributed by atoms with van der Waals surface area (Å²) in [6.45, 7) is 1.60. The van der Waals surface area contributed by atoms with Crippen molar-refractivity contribution < 1.29 is 9.59 Å². The Morgan fingerprint density at radius 2 is 1.96 bits per heavy atom. The number of hydrogen-bond acceptors (Lipinski definition) is 5. The Morgan fingerprint density at radius 1 is 1.30 bits per heavy atom. The lowest BCUT2D eigenvalue weighted by Crippen LogP contribution is -2.48. The van der Waals surface area contributed by atoms with Crippen LogP contribution in [0.25, 0.3) is 0 Å². The van der Waals surface area contributed by atoms with Crippen LogP contribution < -0.4 is 5.73 Å². The Labute approximate surface area is 136 Å². The van der Waals surface area contributed by atoms with Crippen LogP contribution in [0, 0.1) is 5.92 Å². The average molecular weight is 320 g/mol. The Morgan fingerprint density at radius 3 is 2.57 bits per heavy atom. The van der Waals surface area contributed by atoms with Crippen LogP contribution >= 0.6 is 0 Å². The Bertz CT molecular complexity index is 560. The second-order valence-electron chi connectivity index (χ2n) is 6.11. The number of piperidine rings is 1. The van der Waals surface area contributed by atoms with Gasteiger partial charge < -0.3 is 20.4 Å². The maximum Gasteiger partial charge on any atom is 0.319 e. The van der Waals surface area contributed by atoms with Gasteiger partial charge in [-0.25, -0.2) is 14.8 Å². The maximum absolute atomic E-state index is 12.6. The maximum atomic E-state index is 12.6. The number of amides is 3. The van der Waals surface area contributed by atoms with Crippen molar-refractivity contribution in [1.82, 2.24) is 24.7 Å². The minimum atomic E-state index is -0.160. The highest BCUT2D eigenvalue weighted by Gasteiger charge is 2.30. The summed E-state index contributed by atoms with van der Waals surface area (Å²) < 4.78 is 0. The predicted octanol–water partition coefficient (Wildman–Crippen LogP) is 0.411. The van der Waals surface area contributed by atoms with Gasteiger partial charge >= 0.3 is 6.03 Å². The molecular weight excluding hydrogens is 296 g/mol. The van der Waals surface area contributed by atoms with Gasteiger partial charge in [0.15, 0.2) is 0 Å². The van der Waals surface area contributed by atoms with Crippen molar-refractivity contribution in [1.29, 1.82) is 0 Å². The van der Waals surface area contributed by atoms with Crippen molar-refractivity contribution in [3.63, 3.8) is 0 Å². The summed E-state index contributed by atoms with van der Waals surface area (Å²) in [7, 11) is 5.20. The summed E-state index contributed by atoms with van der Waals surface area (Å²) in [6, 6.07) is -0.0444. The van der Waals surface area contributed by atoms with Crippen LogP contribution in [0.15, 0.2) is 12.4 Å². The van der Waals surface area contributed by atoms with Gasteiger partial charge in [0.25, 0.3) is 0 Å². The molecule has 0 unspecified atom stereocenters. The minimum absolute atomic E-state index is 0.0399. The number of urea groups is 1. The molecule has 23 heavy (non-hydrogen) atoms. The first-order valence-electron chi connectivity index (χ1n) is 7.66. The standard InChI is InChI=1S/C15H24N6O2/c1-19(2)15(23)21-6-4-5-12(10-21)13(22)20(3)9-11-7-17-14(16)18-8-11/h7-8,12H,4-6,9-10H2,1-3H3,(H2,16,17,18)/t12-/m0/s1. The number of aromatic nitrogens is 2. The minimum Gasteiger partial charge on any atom is -0.368 e. The highest BCUT2D eigenvalue weighted by Crippen LogP contribution is 2.20. The Balaban J connectivity index is 1.95. The summed E-state index contributed by atoms with van der Waals surface area (Å²) in [5, 5.41) is 0. The molecule has 2 rings (SSSR count). The molecule has 2 heterocycles. The highest BCUT2D eigenvalue weighted by molar-refractivity contribution is 5.80. The van der Waals surface area contributed by atoms with E-state index in [9.17, 15) is 9.59 Å². The number of nitrogens with zero attached hydrogens (tertiary/aromatic N) is 5. The second kappa shape index (κ2) is 7.26. The van der Waals surface area contributed by atoms with Gasteiger partial charge in [-0.1, -0.05) is 0 Å². The van der Waals surface area contributed by atoms with E-state index in [1.54, 1.807) is 48.2 Å². The number of nitrogen functional groups attached to an aromatic ring is 1. The van der Waals surface area contributed by atoms with Crippen molar-refractivity contribution in [3.05, 3.63) is 18.0 Å². The van der Waals surface area contributed by atoms with Crippen molar-refractivity contribution in [2.24, 2.45) is 5.92 Å². The summed E-state index contributed by atoms with van der Waals surface area (Å²) in [4.78, 5) is 37.5. The number of nitrogens with two attached hydrogens (primary N) is 1. The number of hydrogen-bond donors (Lipinski definition) is 1. The van der Waals surface area contributed by atoms with E-state index < -0.39 is 0 Å². The summed E-state index contributed by atoms with van der Waals surface area (Å²) in [5.74, 6) is 0.0956. The average Bonchev–Trinajstić information content (AvgIpc) is 2.55. The van der Waals surface area contributed by atoms with Crippen LogP contribution in [0.2, 0.25) is 0 Å². The molecule has 0 saturated carbocycles. The molecule has 126 valence electrons. The van der Waals surface area contributed by atoms with Crippen LogP contribution in [0.3, 0.4) is 0 Å². The molecule has 1 saturated heterocycles. The van der Waals surface area contributed by atoms with Crippen LogP contribution in [0.1, 0.15) is 18.4 Å². The highest BCUT2D eigenvalue weighted by atomic mass is 16.2. The van der Waals surface area contributed by atoms with Crippen molar-refractivity contribution in [2.45, 2.75) is 19.4 Å². The lowest BCUT2D eigenvalue weighted by molar-refractivity contribution is -0.136. The van der Waals surface area contributed by atoms with Crippen molar-refractivity contribution in [2.75, 3.05) is 40.0 Å². The van der Waals surface area contributed by atoms with E-state index in [4.69, 9.17) is 5.73 Å². The van der Waals surface area contributed by atoms with E-state index in [0.717, 1.165) is 18.4 Å². The third-order valence-electron chi connectivity index (χ3n) is 3.94. The van der Waals surface area contributed by atoms with E-state index in [1.165, 1.54) is 0 Å². The van der Waals surface area contributed by atoms with Gasteiger partial charge in [-0.05, 0) is 12.8 Å². The van der Waals surface area contributed by atoms with Crippen LogP contribution in [-0.2, 0) is 11.3 Å². The predicted molar refractivity (Wildman–Crippen MR) is 86.3 cm³/mol. The fourth-order valence-electron chi connectivity index (χ4n) is 2.75. The van der Waals surface area contributed by atoms with E-state index in [0.29, 0.717) is 19.6 Å².